The standard InChI is InChI=1S/C16H18ClN3O/c1-5-16(6-2)11-7-10-12(18-9(3)19-14(10)17)8-13(11)20(4)15(16)21/h7-8H,5-6H2,1-4H3. The fraction of sp³-hybridized carbons (Fsp3) is 0.438. The molecule has 1 aliphatic rings. The number of carbonyl (C=O) groups is 1. The van der Waals surface area contributed by atoms with Gasteiger partial charge in [0.05, 0.1) is 10.9 Å². The van der Waals surface area contributed by atoms with E-state index in [9.17, 15) is 4.79 Å². The number of fused-ring (bicyclic) bond motifs is 2. The summed E-state index contributed by atoms with van der Waals surface area (Å²) in [6.07, 6.45) is 1.55. The minimum Gasteiger partial charge on any atom is -0.314 e. The molecule has 4 nitrogen and oxygen atoms in total. The zero-order valence-corrected chi connectivity index (χ0v) is 13.5. The molecule has 0 aliphatic carbocycles. The molecule has 0 atom stereocenters. The maximum Gasteiger partial charge on any atom is 0.237 e. The first kappa shape index (κ1) is 14.3. The van der Waals surface area contributed by atoms with Crippen LogP contribution in [0.25, 0.3) is 10.9 Å². The van der Waals surface area contributed by atoms with Crippen molar-refractivity contribution in [3.8, 4) is 0 Å². The van der Waals surface area contributed by atoms with Gasteiger partial charge in [0, 0.05) is 18.1 Å². The van der Waals surface area contributed by atoms with E-state index in [0.29, 0.717) is 11.0 Å². The molecule has 0 saturated heterocycles. The Hall–Kier alpha value is -1.68. The van der Waals surface area contributed by atoms with Gasteiger partial charge in [-0.15, -0.1) is 0 Å². The number of hydrogen-bond acceptors (Lipinski definition) is 3. The maximum absolute atomic E-state index is 12.7. The van der Waals surface area contributed by atoms with Crippen molar-refractivity contribution in [2.24, 2.45) is 0 Å². The first-order valence-electron chi connectivity index (χ1n) is 7.21. The van der Waals surface area contributed by atoms with Crippen LogP contribution in [0.2, 0.25) is 5.15 Å². The molecular weight excluding hydrogens is 286 g/mol. The van der Waals surface area contributed by atoms with Gasteiger partial charge in [-0.1, -0.05) is 25.4 Å². The minimum absolute atomic E-state index is 0.151. The van der Waals surface area contributed by atoms with Crippen molar-refractivity contribution >= 4 is 34.1 Å². The van der Waals surface area contributed by atoms with Crippen molar-refractivity contribution in [3.05, 3.63) is 28.7 Å². The summed E-state index contributed by atoms with van der Waals surface area (Å²) in [5, 5.41) is 1.26. The summed E-state index contributed by atoms with van der Waals surface area (Å²) in [5.74, 6) is 0.787. The van der Waals surface area contributed by atoms with E-state index in [4.69, 9.17) is 11.6 Å². The van der Waals surface area contributed by atoms with E-state index in [1.165, 1.54) is 0 Å². The fourth-order valence-corrected chi connectivity index (χ4v) is 3.65. The minimum atomic E-state index is -0.452. The fourth-order valence-electron chi connectivity index (χ4n) is 3.38. The summed E-state index contributed by atoms with van der Waals surface area (Å²) >= 11 is 6.27. The zero-order chi connectivity index (χ0) is 15.4. The van der Waals surface area contributed by atoms with Gasteiger partial charge >= 0.3 is 0 Å². The van der Waals surface area contributed by atoms with Crippen LogP contribution in [0.5, 0.6) is 0 Å². The number of nitrogens with zero attached hydrogens (tertiary/aromatic N) is 3. The molecule has 0 unspecified atom stereocenters. The highest BCUT2D eigenvalue weighted by molar-refractivity contribution is 6.34. The summed E-state index contributed by atoms with van der Waals surface area (Å²) in [6.45, 7) is 5.93. The molecule has 1 aliphatic heterocycles. The number of aromatic nitrogens is 2. The third kappa shape index (κ3) is 1.78. The molecule has 0 saturated carbocycles. The number of benzene rings is 1. The number of likely N-dealkylation sites (N-methyl/N-ethyl adjacent to an activating group) is 1. The van der Waals surface area contributed by atoms with Crippen LogP contribution in [0.15, 0.2) is 12.1 Å². The third-order valence-electron chi connectivity index (χ3n) is 4.68. The molecule has 1 aromatic heterocycles. The molecule has 5 heteroatoms. The molecule has 0 spiro atoms. The number of aryl methyl sites for hydroxylation is 1. The predicted octanol–water partition coefficient (Wildman–Crippen LogP) is 3.63. The monoisotopic (exact) mass is 303 g/mol. The summed E-state index contributed by atoms with van der Waals surface area (Å²) in [4.78, 5) is 23.1. The predicted molar refractivity (Wildman–Crippen MR) is 85.0 cm³/mol. The zero-order valence-electron chi connectivity index (χ0n) is 12.7. The van der Waals surface area contributed by atoms with Crippen LogP contribution in [0, 0.1) is 6.92 Å². The van der Waals surface area contributed by atoms with Crippen LogP contribution in [0.4, 0.5) is 5.69 Å². The van der Waals surface area contributed by atoms with Gasteiger partial charge in [0.1, 0.15) is 11.0 Å². The lowest BCUT2D eigenvalue weighted by Crippen LogP contribution is -2.37. The summed E-state index contributed by atoms with van der Waals surface area (Å²) < 4.78 is 0. The number of rotatable bonds is 2. The van der Waals surface area contributed by atoms with Crippen molar-refractivity contribution in [2.45, 2.75) is 39.0 Å². The smallest absolute Gasteiger partial charge is 0.237 e. The molecule has 0 bridgehead atoms. The molecule has 2 heterocycles. The van der Waals surface area contributed by atoms with Crippen molar-refractivity contribution in [2.75, 3.05) is 11.9 Å². The van der Waals surface area contributed by atoms with E-state index in [2.05, 4.69) is 23.8 Å². The second-order valence-electron chi connectivity index (χ2n) is 5.60. The van der Waals surface area contributed by atoms with Gasteiger partial charge in [-0.05, 0) is 37.5 Å². The lowest BCUT2D eigenvalue weighted by molar-refractivity contribution is -0.123. The van der Waals surface area contributed by atoms with Gasteiger partial charge in [0.15, 0.2) is 0 Å². The van der Waals surface area contributed by atoms with Crippen LogP contribution < -0.4 is 4.90 Å². The maximum atomic E-state index is 12.7. The van der Waals surface area contributed by atoms with Crippen LogP contribution in [0.1, 0.15) is 38.1 Å². The largest absolute Gasteiger partial charge is 0.314 e. The Labute approximate surface area is 129 Å². The average molecular weight is 304 g/mol. The Morgan fingerprint density at radius 1 is 1.24 bits per heavy atom. The molecule has 1 aromatic carbocycles. The Balaban J connectivity index is 2.38. The van der Waals surface area contributed by atoms with Crippen molar-refractivity contribution in [3.63, 3.8) is 0 Å². The quantitative estimate of drug-likeness (QED) is 0.796. The highest BCUT2D eigenvalue weighted by Gasteiger charge is 2.47. The summed E-state index contributed by atoms with van der Waals surface area (Å²) in [5.41, 5.74) is 2.31. The van der Waals surface area contributed by atoms with Crippen LogP contribution >= 0.6 is 11.6 Å². The van der Waals surface area contributed by atoms with E-state index in [1.54, 1.807) is 4.90 Å². The molecule has 0 fully saturated rings. The molecule has 110 valence electrons. The Morgan fingerprint density at radius 3 is 2.52 bits per heavy atom. The number of carbonyl (C=O) groups excluding carboxylic acids is 1. The van der Waals surface area contributed by atoms with Crippen LogP contribution in [-0.2, 0) is 10.2 Å². The molecule has 1 amide bonds. The van der Waals surface area contributed by atoms with Gasteiger partial charge < -0.3 is 4.90 Å². The first-order valence-corrected chi connectivity index (χ1v) is 7.59. The van der Waals surface area contributed by atoms with Gasteiger partial charge in [0.25, 0.3) is 0 Å². The molecule has 3 rings (SSSR count). The number of amides is 1. The van der Waals surface area contributed by atoms with E-state index in [0.717, 1.165) is 35.0 Å². The SMILES string of the molecule is CCC1(CC)C(=O)N(C)c2cc3nc(C)nc(Cl)c3cc21. The summed E-state index contributed by atoms with van der Waals surface area (Å²) in [7, 11) is 1.83. The van der Waals surface area contributed by atoms with E-state index in [-0.39, 0.29) is 5.91 Å². The van der Waals surface area contributed by atoms with E-state index >= 15 is 0 Å². The van der Waals surface area contributed by atoms with Crippen LogP contribution in [0.3, 0.4) is 0 Å². The molecule has 0 N–H and O–H groups in total. The Kier molecular flexibility index (Phi) is 3.17. The van der Waals surface area contributed by atoms with Gasteiger partial charge in [-0.3, -0.25) is 4.79 Å². The van der Waals surface area contributed by atoms with Gasteiger partial charge in [-0.25, -0.2) is 9.97 Å². The molecule has 21 heavy (non-hydrogen) atoms. The van der Waals surface area contributed by atoms with Gasteiger partial charge in [-0.2, -0.15) is 0 Å². The van der Waals surface area contributed by atoms with Crippen molar-refractivity contribution in [1.82, 2.24) is 9.97 Å². The van der Waals surface area contributed by atoms with E-state index < -0.39 is 5.41 Å². The lowest BCUT2D eigenvalue weighted by atomic mass is 9.76. The Bertz CT molecular complexity index is 753. The second-order valence-corrected chi connectivity index (χ2v) is 5.96. The van der Waals surface area contributed by atoms with Crippen molar-refractivity contribution in [1.29, 1.82) is 0 Å². The normalized spacial score (nSPS) is 16.6. The number of hydrogen-bond donors (Lipinski definition) is 0. The Morgan fingerprint density at radius 2 is 1.90 bits per heavy atom. The molecule has 0 radical (unpaired) electrons. The highest BCUT2D eigenvalue weighted by Crippen LogP contribution is 2.47. The van der Waals surface area contributed by atoms with Gasteiger partial charge in [0.2, 0.25) is 5.91 Å². The molecular formula is C16H18ClN3O. The number of anilines is 1. The first-order chi connectivity index (χ1) is 9.94. The topological polar surface area (TPSA) is 46.1 Å². The third-order valence-corrected chi connectivity index (χ3v) is 4.96. The average Bonchev–Trinajstić information content (AvgIpc) is 2.66. The van der Waals surface area contributed by atoms with E-state index in [1.807, 2.05) is 26.1 Å². The summed E-state index contributed by atoms with van der Waals surface area (Å²) in [6, 6.07) is 3.96. The molecule has 2 aromatic rings. The number of halogens is 1. The van der Waals surface area contributed by atoms with Crippen LogP contribution in [-0.4, -0.2) is 22.9 Å². The highest BCUT2D eigenvalue weighted by atomic mass is 35.5. The lowest BCUT2D eigenvalue weighted by Gasteiger charge is -2.25. The second kappa shape index (κ2) is 4.67. The van der Waals surface area contributed by atoms with Crippen molar-refractivity contribution < 1.29 is 4.79 Å².